The number of fused-ring (bicyclic) bond motifs is 1. The van der Waals surface area contributed by atoms with Crippen molar-refractivity contribution < 1.29 is 14.3 Å². The van der Waals surface area contributed by atoms with Crippen molar-refractivity contribution in [2.45, 2.75) is 19.1 Å². The molecular formula is C18H17ClN4O3. The summed E-state index contributed by atoms with van der Waals surface area (Å²) >= 11 is 6.42. The monoisotopic (exact) mass is 372 g/mol. The summed E-state index contributed by atoms with van der Waals surface area (Å²) in [5.41, 5.74) is 3.23. The van der Waals surface area contributed by atoms with Gasteiger partial charge >= 0.3 is 0 Å². The molecule has 7 nitrogen and oxygen atoms in total. The van der Waals surface area contributed by atoms with Gasteiger partial charge in [0.05, 0.1) is 43.4 Å². The topological polar surface area (TPSA) is 89.1 Å². The van der Waals surface area contributed by atoms with Crippen molar-refractivity contribution >= 4 is 28.4 Å². The lowest BCUT2D eigenvalue weighted by Crippen LogP contribution is -2.42. The van der Waals surface area contributed by atoms with Crippen LogP contribution in [0.3, 0.4) is 0 Å². The molecular weight excluding hydrogens is 356 g/mol. The number of hydrogen-bond donors (Lipinski definition) is 2. The van der Waals surface area contributed by atoms with Gasteiger partial charge in [-0.05, 0) is 18.2 Å². The van der Waals surface area contributed by atoms with E-state index in [-0.39, 0.29) is 12.0 Å². The van der Waals surface area contributed by atoms with Crippen LogP contribution in [0, 0.1) is 0 Å². The lowest BCUT2D eigenvalue weighted by Gasteiger charge is -2.24. The molecule has 1 amide bonds. The van der Waals surface area contributed by atoms with Crippen LogP contribution in [0.1, 0.15) is 12.1 Å². The van der Waals surface area contributed by atoms with Crippen LogP contribution < -0.4 is 10.1 Å². The minimum atomic E-state index is -0.311. The normalized spacial score (nSPS) is 16.3. The highest BCUT2D eigenvalue weighted by Crippen LogP contribution is 2.31. The second kappa shape index (κ2) is 6.93. The Labute approximate surface area is 154 Å². The van der Waals surface area contributed by atoms with Crippen LogP contribution in [0.25, 0.3) is 22.2 Å². The number of hydrogen-bond acceptors (Lipinski definition) is 5. The molecule has 26 heavy (non-hydrogen) atoms. The summed E-state index contributed by atoms with van der Waals surface area (Å²) in [5, 5.41) is 4.41. The fourth-order valence-electron chi connectivity index (χ4n) is 2.80. The Morgan fingerprint density at radius 2 is 2.23 bits per heavy atom. The number of methoxy groups -OCH3 is 1. The number of carbonyl (C=O) groups is 1. The molecule has 1 aromatic carbocycles. The van der Waals surface area contributed by atoms with Crippen LogP contribution in [0.15, 0.2) is 30.6 Å². The van der Waals surface area contributed by atoms with Crippen molar-refractivity contribution in [3.8, 4) is 17.1 Å². The number of halogens is 1. The Kier molecular flexibility index (Phi) is 4.48. The number of aromatic amines is 1. The van der Waals surface area contributed by atoms with Crippen molar-refractivity contribution in [2.24, 2.45) is 0 Å². The molecule has 1 aliphatic rings. The minimum absolute atomic E-state index is 0.0814. The summed E-state index contributed by atoms with van der Waals surface area (Å²) in [5.74, 6) is 0.362. The number of aromatic nitrogens is 3. The van der Waals surface area contributed by atoms with E-state index in [4.69, 9.17) is 21.1 Å². The maximum Gasteiger partial charge on any atom is 0.249 e. The quantitative estimate of drug-likeness (QED) is 0.718. The van der Waals surface area contributed by atoms with E-state index < -0.39 is 0 Å². The molecule has 8 heteroatoms. The Morgan fingerprint density at radius 3 is 2.88 bits per heavy atom. The number of H-pyrrole nitrogens is 1. The summed E-state index contributed by atoms with van der Waals surface area (Å²) < 4.78 is 10.2. The molecule has 1 saturated heterocycles. The van der Waals surface area contributed by atoms with Crippen LogP contribution in [0.4, 0.5) is 0 Å². The predicted molar refractivity (Wildman–Crippen MR) is 97.1 cm³/mol. The molecule has 1 fully saturated rings. The lowest BCUT2D eigenvalue weighted by atomic mass is 10.1. The highest BCUT2D eigenvalue weighted by Gasteiger charge is 2.25. The standard InChI is InChI=1S/C18H17ClN4O3/c1-25-17-9-20-15(8-21-17)12-6-14-10(5-13(12)19)4-11(23-14)7-22-18(24)16-2-3-26-16/h4-6,8-9,16,23H,2-3,7H2,1H3,(H,22,24)/t16-/m1/s1. The van der Waals surface area contributed by atoms with Gasteiger partial charge in [-0.2, -0.15) is 0 Å². The fraction of sp³-hybridized carbons (Fsp3) is 0.278. The third-order valence-corrected chi connectivity index (χ3v) is 4.63. The zero-order chi connectivity index (χ0) is 18.1. The van der Waals surface area contributed by atoms with Crippen LogP contribution in [-0.2, 0) is 16.1 Å². The fourth-order valence-corrected chi connectivity index (χ4v) is 3.07. The average Bonchev–Trinajstić information content (AvgIpc) is 2.99. The number of nitrogens with zero attached hydrogens (tertiary/aromatic N) is 2. The first kappa shape index (κ1) is 16.8. The first-order valence-electron chi connectivity index (χ1n) is 8.21. The number of nitrogens with one attached hydrogen (secondary N) is 2. The van der Waals surface area contributed by atoms with Gasteiger partial charge in [0.2, 0.25) is 11.8 Å². The third-order valence-electron chi connectivity index (χ3n) is 4.32. The summed E-state index contributed by atoms with van der Waals surface area (Å²) in [4.78, 5) is 23.7. The van der Waals surface area contributed by atoms with Crippen LogP contribution >= 0.6 is 11.6 Å². The zero-order valence-electron chi connectivity index (χ0n) is 14.1. The van der Waals surface area contributed by atoms with E-state index in [0.29, 0.717) is 29.7 Å². The molecule has 4 rings (SSSR count). The van der Waals surface area contributed by atoms with E-state index in [9.17, 15) is 4.79 Å². The van der Waals surface area contributed by atoms with Crippen LogP contribution in [0.2, 0.25) is 5.02 Å². The van der Waals surface area contributed by atoms with Crippen molar-refractivity contribution in [3.05, 3.63) is 41.3 Å². The van der Waals surface area contributed by atoms with E-state index in [0.717, 1.165) is 28.6 Å². The lowest BCUT2D eigenvalue weighted by molar-refractivity contribution is -0.145. The Hall–Kier alpha value is -2.64. The minimum Gasteiger partial charge on any atom is -0.480 e. The van der Waals surface area contributed by atoms with Crippen molar-refractivity contribution in [3.63, 3.8) is 0 Å². The van der Waals surface area contributed by atoms with Gasteiger partial charge in [-0.25, -0.2) is 9.97 Å². The molecule has 1 aliphatic heterocycles. The molecule has 0 bridgehead atoms. The van der Waals surface area contributed by atoms with Gasteiger partial charge in [0, 0.05) is 28.6 Å². The molecule has 2 N–H and O–H groups in total. The van der Waals surface area contributed by atoms with Gasteiger partial charge in [0.25, 0.3) is 0 Å². The van der Waals surface area contributed by atoms with Gasteiger partial charge in [-0.15, -0.1) is 0 Å². The van der Waals surface area contributed by atoms with E-state index in [1.54, 1.807) is 19.5 Å². The molecule has 1 atom stereocenters. The van der Waals surface area contributed by atoms with E-state index >= 15 is 0 Å². The van der Waals surface area contributed by atoms with Gasteiger partial charge in [0.15, 0.2) is 0 Å². The van der Waals surface area contributed by atoms with Crippen molar-refractivity contribution in [2.75, 3.05) is 13.7 Å². The summed E-state index contributed by atoms with van der Waals surface area (Å²) in [6, 6.07) is 5.76. The first-order valence-corrected chi connectivity index (χ1v) is 8.58. The molecule has 3 heterocycles. The van der Waals surface area contributed by atoms with Gasteiger partial charge in [-0.1, -0.05) is 11.6 Å². The largest absolute Gasteiger partial charge is 0.480 e. The van der Waals surface area contributed by atoms with Crippen molar-refractivity contribution in [1.29, 1.82) is 0 Å². The second-order valence-electron chi connectivity index (χ2n) is 6.02. The zero-order valence-corrected chi connectivity index (χ0v) is 14.8. The predicted octanol–water partition coefficient (Wildman–Crippen LogP) is 2.69. The van der Waals surface area contributed by atoms with Gasteiger partial charge in [-0.3, -0.25) is 4.79 Å². The molecule has 0 radical (unpaired) electrons. The second-order valence-corrected chi connectivity index (χ2v) is 6.43. The van der Waals surface area contributed by atoms with Gasteiger partial charge < -0.3 is 19.8 Å². The van der Waals surface area contributed by atoms with Gasteiger partial charge in [0.1, 0.15) is 6.10 Å². The molecule has 0 unspecified atom stereocenters. The molecule has 0 aliphatic carbocycles. The summed E-state index contributed by atoms with van der Waals surface area (Å²) in [6.07, 6.45) is 3.64. The molecule has 0 spiro atoms. The molecule has 3 aromatic rings. The van der Waals surface area contributed by atoms with E-state index in [2.05, 4.69) is 20.3 Å². The Balaban J connectivity index is 1.56. The highest BCUT2D eigenvalue weighted by molar-refractivity contribution is 6.34. The number of rotatable bonds is 5. The Morgan fingerprint density at radius 1 is 1.38 bits per heavy atom. The highest BCUT2D eigenvalue weighted by atomic mass is 35.5. The first-order chi connectivity index (χ1) is 12.6. The summed E-state index contributed by atoms with van der Waals surface area (Å²) in [6.45, 7) is 1.06. The van der Waals surface area contributed by atoms with E-state index in [1.807, 2.05) is 18.2 Å². The van der Waals surface area contributed by atoms with Crippen LogP contribution in [0.5, 0.6) is 5.88 Å². The van der Waals surface area contributed by atoms with E-state index in [1.165, 1.54) is 0 Å². The molecule has 134 valence electrons. The molecule has 2 aromatic heterocycles. The maximum atomic E-state index is 11.9. The number of benzene rings is 1. The number of ether oxygens (including phenoxy) is 2. The smallest absolute Gasteiger partial charge is 0.249 e. The Bertz CT molecular complexity index is 951. The maximum absolute atomic E-state index is 11.9. The molecule has 0 saturated carbocycles. The number of carbonyl (C=O) groups excluding carboxylic acids is 1. The van der Waals surface area contributed by atoms with Crippen molar-refractivity contribution in [1.82, 2.24) is 20.3 Å². The number of amides is 1. The third kappa shape index (κ3) is 3.23. The van der Waals surface area contributed by atoms with Crippen LogP contribution in [-0.4, -0.2) is 40.7 Å². The summed E-state index contributed by atoms with van der Waals surface area (Å²) in [7, 11) is 1.54. The SMILES string of the molecule is COc1cnc(-c2cc3[nH]c(CNC(=O)[C@H]4CCO4)cc3cc2Cl)cn1. The average molecular weight is 373 g/mol.